The minimum atomic E-state index is 0.0652. The minimum absolute atomic E-state index is 0.0652. The smallest absolute Gasteiger partial charge is 0.320 e. The fourth-order valence-electron chi connectivity index (χ4n) is 2.26. The van der Waals surface area contributed by atoms with Crippen molar-refractivity contribution in [2.45, 2.75) is 25.8 Å². The number of hydrogen-bond donors (Lipinski definition) is 0. The average molecular weight is 267 g/mol. The van der Waals surface area contributed by atoms with Gasteiger partial charge < -0.3 is 9.80 Å². The fourth-order valence-corrected chi connectivity index (χ4v) is 2.39. The molecule has 0 radical (unpaired) electrons. The predicted molar refractivity (Wildman–Crippen MR) is 73.8 cm³/mol. The lowest BCUT2D eigenvalue weighted by Gasteiger charge is -2.29. The van der Waals surface area contributed by atoms with Gasteiger partial charge in [0, 0.05) is 25.2 Å². The van der Waals surface area contributed by atoms with Crippen LogP contribution >= 0.6 is 11.6 Å². The van der Waals surface area contributed by atoms with Gasteiger partial charge in [-0.3, -0.25) is 0 Å². The molecule has 1 saturated heterocycles. The number of carbonyl (C=O) groups excluding carboxylic acids is 1. The van der Waals surface area contributed by atoms with E-state index < -0.39 is 0 Å². The fraction of sp³-hybridized carbons (Fsp3) is 0.500. The molecule has 0 aromatic heterocycles. The Morgan fingerprint density at radius 1 is 1.28 bits per heavy atom. The van der Waals surface area contributed by atoms with Crippen molar-refractivity contribution in [3.63, 3.8) is 0 Å². The summed E-state index contributed by atoms with van der Waals surface area (Å²) in [5, 5.41) is 0.722. The summed E-state index contributed by atoms with van der Waals surface area (Å²) >= 11 is 5.87. The van der Waals surface area contributed by atoms with E-state index in [4.69, 9.17) is 11.6 Å². The highest BCUT2D eigenvalue weighted by Crippen LogP contribution is 2.22. The molecule has 2 amide bonds. The van der Waals surface area contributed by atoms with Gasteiger partial charge in [-0.2, -0.15) is 0 Å². The standard InChI is InChI=1S/C14H19ClN2O/c1-11(12-5-7-13(15)8-6-12)16(2)14(18)17-9-3-4-10-17/h5-8,11H,3-4,9-10H2,1-2H3. The van der Waals surface area contributed by atoms with Crippen LogP contribution in [0.4, 0.5) is 4.79 Å². The lowest BCUT2D eigenvalue weighted by Crippen LogP contribution is -2.40. The van der Waals surface area contributed by atoms with E-state index in [2.05, 4.69) is 0 Å². The molecule has 18 heavy (non-hydrogen) atoms. The summed E-state index contributed by atoms with van der Waals surface area (Å²) in [6, 6.07) is 7.86. The van der Waals surface area contributed by atoms with Crippen molar-refractivity contribution in [2.24, 2.45) is 0 Å². The summed E-state index contributed by atoms with van der Waals surface area (Å²) in [6.07, 6.45) is 2.24. The van der Waals surface area contributed by atoms with Crippen LogP contribution < -0.4 is 0 Å². The largest absolute Gasteiger partial charge is 0.325 e. The first-order valence-electron chi connectivity index (χ1n) is 6.37. The van der Waals surface area contributed by atoms with Crippen LogP contribution in [0.2, 0.25) is 5.02 Å². The van der Waals surface area contributed by atoms with Gasteiger partial charge in [-0.1, -0.05) is 23.7 Å². The summed E-state index contributed by atoms with van der Waals surface area (Å²) < 4.78 is 0. The zero-order valence-corrected chi connectivity index (χ0v) is 11.7. The first-order chi connectivity index (χ1) is 8.59. The normalized spacial score (nSPS) is 16.7. The Morgan fingerprint density at radius 2 is 1.83 bits per heavy atom. The number of rotatable bonds is 2. The molecule has 0 saturated carbocycles. The molecule has 1 atom stereocenters. The van der Waals surface area contributed by atoms with Crippen LogP contribution in [-0.4, -0.2) is 36.0 Å². The van der Waals surface area contributed by atoms with Crippen LogP contribution in [0.25, 0.3) is 0 Å². The van der Waals surface area contributed by atoms with E-state index in [0.717, 1.165) is 36.5 Å². The monoisotopic (exact) mass is 266 g/mol. The summed E-state index contributed by atoms with van der Waals surface area (Å²) in [5.41, 5.74) is 1.11. The van der Waals surface area contributed by atoms with E-state index in [1.54, 1.807) is 4.90 Å². The van der Waals surface area contributed by atoms with Crippen LogP contribution in [0.3, 0.4) is 0 Å². The second-order valence-electron chi connectivity index (χ2n) is 4.82. The molecule has 0 aliphatic carbocycles. The number of benzene rings is 1. The van der Waals surface area contributed by atoms with Crippen molar-refractivity contribution in [2.75, 3.05) is 20.1 Å². The van der Waals surface area contributed by atoms with E-state index in [1.807, 2.05) is 43.1 Å². The molecule has 3 nitrogen and oxygen atoms in total. The summed E-state index contributed by atoms with van der Waals surface area (Å²) in [4.78, 5) is 16.0. The number of hydrogen-bond acceptors (Lipinski definition) is 1. The van der Waals surface area contributed by atoms with Crippen LogP contribution in [-0.2, 0) is 0 Å². The van der Waals surface area contributed by atoms with Crippen LogP contribution in [0, 0.1) is 0 Å². The maximum absolute atomic E-state index is 12.3. The zero-order valence-electron chi connectivity index (χ0n) is 10.9. The molecule has 1 fully saturated rings. The number of likely N-dealkylation sites (tertiary alicyclic amines) is 1. The third kappa shape index (κ3) is 2.78. The molecule has 0 spiro atoms. The summed E-state index contributed by atoms with van der Waals surface area (Å²) in [7, 11) is 1.86. The van der Waals surface area contributed by atoms with Crippen LogP contribution in [0.5, 0.6) is 0 Å². The highest BCUT2D eigenvalue weighted by molar-refractivity contribution is 6.30. The van der Waals surface area contributed by atoms with Crippen molar-refractivity contribution < 1.29 is 4.79 Å². The van der Waals surface area contributed by atoms with Crippen molar-refractivity contribution in [3.8, 4) is 0 Å². The third-order valence-corrected chi connectivity index (χ3v) is 3.86. The first-order valence-corrected chi connectivity index (χ1v) is 6.74. The molecule has 0 N–H and O–H groups in total. The second kappa shape index (κ2) is 5.61. The molecular formula is C14H19ClN2O. The van der Waals surface area contributed by atoms with Gasteiger partial charge in [0.05, 0.1) is 6.04 Å². The van der Waals surface area contributed by atoms with Gasteiger partial charge in [-0.05, 0) is 37.5 Å². The quantitative estimate of drug-likeness (QED) is 0.803. The van der Waals surface area contributed by atoms with Crippen LogP contribution in [0.1, 0.15) is 31.4 Å². The predicted octanol–water partition coefficient (Wildman–Crippen LogP) is 3.55. The maximum Gasteiger partial charge on any atom is 0.320 e. The number of nitrogens with zero attached hydrogens (tertiary/aromatic N) is 2. The SMILES string of the molecule is CC(c1ccc(Cl)cc1)N(C)C(=O)N1CCCC1. The van der Waals surface area contributed by atoms with Gasteiger partial charge in [0.2, 0.25) is 0 Å². The molecule has 1 aromatic rings. The number of halogens is 1. The van der Waals surface area contributed by atoms with Crippen molar-refractivity contribution >= 4 is 17.6 Å². The van der Waals surface area contributed by atoms with E-state index in [1.165, 1.54) is 0 Å². The minimum Gasteiger partial charge on any atom is -0.325 e. The Hall–Kier alpha value is -1.22. The van der Waals surface area contributed by atoms with Crippen molar-refractivity contribution in [1.29, 1.82) is 0 Å². The molecular weight excluding hydrogens is 248 g/mol. The van der Waals surface area contributed by atoms with Gasteiger partial charge in [-0.15, -0.1) is 0 Å². The van der Waals surface area contributed by atoms with Gasteiger partial charge >= 0.3 is 6.03 Å². The highest BCUT2D eigenvalue weighted by Gasteiger charge is 2.24. The molecule has 4 heteroatoms. The molecule has 1 aromatic carbocycles. The number of urea groups is 1. The Labute approximate surface area is 113 Å². The van der Waals surface area contributed by atoms with E-state index in [9.17, 15) is 4.79 Å². The number of amides is 2. The van der Waals surface area contributed by atoms with Crippen molar-refractivity contribution in [3.05, 3.63) is 34.9 Å². The van der Waals surface area contributed by atoms with Gasteiger partial charge in [0.1, 0.15) is 0 Å². The average Bonchev–Trinajstić information content (AvgIpc) is 2.91. The van der Waals surface area contributed by atoms with Gasteiger partial charge in [0.15, 0.2) is 0 Å². The lowest BCUT2D eigenvalue weighted by atomic mass is 10.1. The van der Waals surface area contributed by atoms with Gasteiger partial charge in [0.25, 0.3) is 0 Å². The Kier molecular flexibility index (Phi) is 4.12. The Morgan fingerprint density at radius 3 is 2.39 bits per heavy atom. The summed E-state index contributed by atoms with van der Waals surface area (Å²) in [5.74, 6) is 0. The van der Waals surface area contributed by atoms with Gasteiger partial charge in [-0.25, -0.2) is 4.79 Å². The van der Waals surface area contributed by atoms with E-state index >= 15 is 0 Å². The molecule has 1 unspecified atom stereocenters. The molecule has 1 heterocycles. The molecule has 1 aliphatic rings. The van der Waals surface area contributed by atoms with E-state index in [0.29, 0.717) is 0 Å². The maximum atomic E-state index is 12.3. The van der Waals surface area contributed by atoms with Crippen molar-refractivity contribution in [1.82, 2.24) is 9.80 Å². The highest BCUT2D eigenvalue weighted by atomic mass is 35.5. The third-order valence-electron chi connectivity index (χ3n) is 3.61. The second-order valence-corrected chi connectivity index (χ2v) is 5.25. The van der Waals surface area contributed by atoms with Crippen LogP contribution in [0.15, 0.2) is 24.3 Å². The van der Waals surface area contributed by atoms with E-state index in [-0.39, 0.29) is 12.1 Å². The molecule has 0 bridgehead atoms. The Bertz CT molecular complexity index is 412. The molecule has 1 aliphatic heterocycles. The Balaban J connectivity index is 2.05. The zero-order chi connectivity index (χ0) is 13.1. The number of carbonyl (C=O) groups is 1. The first kappa shape index (κ1) is 13.2. The summed E-state index contributed by atoms with van der Waals surface area (Å²) in [6.45, 7) is 3.81. The molecule has 2 rings (SSSR count). The molecule has 98 valence electrons. The topological polar surface area (TPSA) is 23.6 Å². The lowest BCUT2D eigenvalue weighted by molar-refractivity contribution is 0.159.